The molecule has 0 radical (unpaired) electrons. The maximum absolute atomic E-state index is 8.63. The summed E-state index contributed by atoms with van der Waals surface area (Å²) in [6, 6.07) is 0. The van der Waals surface area contributed by atoms with Crippen molar-refractivity contribution < 1.29 is 9.59 Å². The Labute approximate surface area is 102 Å². The zero-order valence-corrected chi connectivity index (χ0v) is 11.7. The number of quaternary nitrogens is 1. The maximum Gasteiger partial charge on any atom is 0.0780 e. The van der Waals surface area contributed by atoms with Crippen LogP contribution in [0.15, 0.2) is 0 Å². The fraction of sp³-hybridized carbons (Fsp3) is 1.00. The van der Waals surface area contributed by atoms with E-state index in [-0.39, 0.29) is 0 Å². The van der Waals surface area contributed by atoms with E-state index in [9.17, 15) is 0 Å². The number of nitrogens with zero attached hydrogens (tertiary/aromatic N) is 1. The van der Waals surface area contributed by atoms with Crippen molar-refractivity contribution in [2.45, 2.75) is 57.8 Å². The third-order valence-electron chi connectivity index (χ3n) is 2.99. The molecule has 0 aliphatic rings. The summed E-state index contributed by atoms with van der Waals surface area (Å²) in [6.07, 6.45) is 11.8. The molecule has 0 atom stereocenters. The number of aliphatic hydroxyl groups is 1. The van der Waals surface area contributed by atoms with Crippen LogP contribution in [-0.4, -0.2) is 43.9 Å². The highest BCUT2D eigenvalue weighted by atomic mass is 16.2. The molecule has 0 aromatic heterocycles. The second-order valence-corrected chi connectivity index (χ2v) is 5.92. The zero-order valence-electron chi connectivity index (χ0n) is 11.7. The highest BCUT2D eigenvalue weighted by molar-refractivity contribution is 4.47. The Bertz CT molecular complexity index is 140. The van der Waals surface area contributed by atoms with Gasteiger partial charge in [0, 0.05) is 6.61 Å². The average Bonchev–Trinajstić information content (AvgIpc) is 2.19. The molecular formula is C14H32NO+. The van der Waals surface area contributed by atoms with Crippen LogP contribution in [0.3, 0.4) is 0 Å². The van der Waals surface area contributed by atoms with Gasteiger partial charge in [-0.2, -0.15) is 0 Å². The van der Waals surface area contributed by atoms with Gasteiger partial charge in [-0.05, 0) is 19.3 Å². The molecule has 0 aliphatic carbocycles. The second kappa shape index (κ2) is 10.1. The molecule has 2 heteroatoms. The van der Waals surface area contributed by atoms with Crippen molar-refractivity contribution in [3.8, 4) is 0 Å². The molecule has 1 N–H and O–H groups in total. The fourth-order valence-electron chi connectivity index (χ4n) is 1.94. The highest BCUT2D eigenvalue weighted by Gasteiger charge is 2.04. The van der Waals surface area contributed by atoms with Crippen molar-refractivity contribution in [1.29, 1.82) is 0 Å². The Morgan fingerprint density at radius 3 is 1.38 bits per heavy atom. The molecule has 0 aromatic carbocycles. The largest absolute Gasteiger partial charge is 0.396 e. The Kier molecular flexibility index (Phi) is 10.0. The minimum atomic E-state index is 0.366. The monoisotopic (exact) mass is 230 g/mol. The first kappa shape index (κ1) is 15.9. The van der Waals surface area contributed by atoms with E-state index in [1.807, 2.05) is 0 Å². The summed E-state index contributed by atoms with van der Waals surface area (Å²) < 4.78 is 1.10. The Balaban J connectivity index is 2.99. The van der Waals surface area contributed by atoms with Crippen LogP contribution in [-0.2, 0) is 0 Å². The lowest BCUT2D eigenvalue weighted by Crippen LogP contribution is -2.35. The number of aliphatic hydroxyl groups excluding tert-OH is 1. The predicted octanol–water partition coefficient (Wildman–Crippen LogP) is 3.20. The molecule has 0 amide bonds. The fourth-order valence-corrected chi connectivity index (χ4v) is 1.94. The quantitative estimate of drug-likeness (QED) is 0.427. The van der Waals surface area contributed by atoms with Crippen molar-refractivity contribution in [1.82, 2.24) is 0 Å². The van der Waals surface area contributed by atoms with Crippen LogP contribution in [0.2, 0.25) is 0 Å². The highest BCUT2D eigenvalue weighted by Crippen LogP contribution is 2.10. The molecule has 0 aliphatic heterocycles. The summed E-state index contributed by atoms with van der Waals surface area (Å²) in [7, 11) is 6.80. The lowest BCUT2D eigenvalue weighted by molar-refractivity contribution is -0.870. The van der Waals surface area contributed by atoms with Gasteiger partial charge in [0.05, 0.1) is 27.7 Å². The van der Waals surface area contributed by atoms with Crippen molar-refractivity contribution in [2.75, 3.05) is 34.3 Å². The van der Waals surface area contributed by atoms with Crippen molar-refractivity contribution >= 4 is 0 Å². The molecule has 0 heterocycles. The molecule has 0 aromatic rings. The summed E-state index contributed by atoms with van der Waals surface area (Å²) in [5.74, 6) is 0. The molecule has 0 unspecified atom stereocenters. The molecule has 0 rings (SSSR count). The van der Waals surface area contributed by atoms with E-state index in [0.717, 1.165) is 10.9 Å². The standard InChI is InChI=1S/C14H32NO/c1-15(2,3)13-11-9-7-5-4-6-8-10-12-14-16/h16H,4-14H2,1-3H3/q+1. The first-order chi connectivity index (χ1) is 7.56. The van der Waals surface area contributed by atoms with E-state index in [2.05, 4.69) is 21.1 Å². The van der Waals surface area contributed by atoms with Gasteiger partial charge in [0.15, 0.2) is 0 Å². The first-order valence-electron chi connectivity index (χ1n) is 6.97. The average molecular weight is 230 g/mol. The molecule has 0 fully saturated rings. The number of hydrogen-bond acceptors (Lipinski definition) is 1. The molecule has 0 bridgehead atoms. The molecule has 98 valence electrons. The third kappa shape index (κ3) is 13.9. The predicted molar refractivity (Wildman–Crippen MR) is 71.5 cm³/mol. The van der Waals surface area contributed by atoms with Crippen LogP contribution in [0.5, 0.6) is 0 Å². The van der Waals surface area contributed by atoms with Gasteiger partial charge in [0.1, 0.15) is 0 Å². The molecule has 0 spiro atoms. The van der Waals surface area contributed by atoms with Crippen molar-refractivity contribution in [3.05, 3.63) is 0 Å². The van der Waals surface area contributed by atoms with Gasteiger partial charge in [-0.15, -0.1) is 0 Å². The van der Waals surface area contributed by atoms with E-state index < -0.39 is 0 Å². The minimum Gasteiger partial charge on any atom is -0.396 e. The van der Waals surface area contributed by atoms with Gasteiger partial charge in [-0.3, -0.25) is 0 Å². The summed E-state index contributed by atoms with van der Waals surface area (Å²) >= 11 is 0. The Morgan fingerprint density at radius 1 is 0.625 bits per heavy atom. The normalized spacial score (nSPS) is 12.0. The first-order valence-corrected chi connectivity index (χ1v) is 6.97. The van der Waals surface area contributed by atoms with Gasteiger partial charge in [-0.25, -0.2) is 0 Å². The van der Waals surface area contributed by atoms with E-state index in [4.69, 9.17) is 5.11 Å². The van der Waals surface area contributed by atoms with E-state index in [1.54, 1.807) is 0 Å². The number of unbranched alkanes of at least 4 members (excludes halogenated alkanes) is 8. The van der Waals surface area contributed by atoms with Crippen LogP contribution >= 0.6 is 0 Å². The summed E-state index contributed by atoms with van der Waals surface area (Å²) in [4.78, 5) is 0. The Hall–Kier alpha value is -0.0800. The molecule has 2 nitrogen and oxygen atoms in total. The second-order valence-electron chi connectivity index (χ2n) is 5.92. The lowest BCUT2D eigenvalue weighted by atomic mass is 10.1. The molecular weight excluding hydrogens is 198 g/mol. The van der Waals surface area contributed by atoms with Crippen LogP contribution in [0.25, 0.3) is 0 Å². The Morgan fingerprint density at radius 2 is 1.00 bits per heavy atom. The molecule has 0 saturated heterocycles. The van der Waals surface area contributed by atoms with Gasteiger partial charge in [0.2, 0.25) is 0 Å². The molecule has 0 saturated carbocycles. The van der Waals surface area contributed by atoms with E-state index in [0.29, 0.717) is 6.61 Å². The summed E-state index contributed by atoms with van der Waals surface area (Å²) in [5, 5.41) is 8.63. The topological polar surface area (TPSA) is 20.2 Å². The van der Waals surface area contributed by atoms with Gasteiger partial charge in [0.25, 0.3) is 0 Å². The minimum absolute atomic E-state index is 0.366. The van der Waals surface area contributed by atoms with Gasteiger partial charge >= 0.3 is 0 Å². The van der Waals surface area contributed by atoms with Gasteiger partial charge < -0.3 is 9.59 Å². The van der Waals surface area contributed by atoms with E-state index >= 15 is 0 Å². The van der Waals surface area contributed by atoms with Crippen molar-refractivity contribution in [3.63, 3.8) is 0 Å². The zero-order chi connectivity index (χ0) is 12.3. The van der Waals surface area contributed by atoms with Crippen molar-refractivity contribution in [2.24, 2.45) is 0 Å². The molecule has 16 heavy (non-hydrogen) atoms. The van der Waals surface area contributed by atoms with E-state index in [1.165, 1.54) is 57.9 Å². The number of rotatable bonds is 11. The van der Waals surface area contributed by atoms with Crippen LogP contribution in [0, 0.1) is 0 Å². The number of hydrogen-bond donors (Lipinski definition) is 1. The van der Waals surface area contributed by atoms with Gasteiger partial charge in [-0.1, -0.05) is 38.5 Å². The van der Waals surface area contributed by atoms with Crippen LogP contribution < -0.4 is 0 Å². The SMILES string of the molecule is C[N+](C)(C)CCCCCCCCCCCO. The third-order valence-corrected chi connectivity index (χ3v) is 2.99. The summed E-state index contributed by atoms with van der Waals surface area (Å²) in [6.45, 7) is 1.67. The van der Waals surface area contributed by atoms with Crippen LogP contribution in [0.1, 0.15) is 57.8 Å². The lowest BCUT2D eigenvalue weighted by Gasteiger charge is -2.23. The smallest absolute Gasteiger partial charge is 0.0780 e. The van der Waals surface area contributed by atoms with Crippen LogP contribution in [0.4, 0.5) is 0 Å². The summed E-state index contributed by atoms with van der Waals surface area (Å²) in [5.41, 5.74) is 0. The maximum atomic E-state index is 8.63.